The largest absolute Gasteiger partial charge is 0.490 e. The molecule has 0 aromatic carbocycles. The van der Waals surface area contributed by atoms with Gasteiger partial charge < -0.3 is 20.1 Å². The number of piperidine rings is 1. The van der Waals surface area contributed by atoms with Crippen LogP contribution in [0.1, 0.15) is 44.9 Å². The first-order valence-electron chi connectivity index (χ1n) is 10.2. The Kier molecular flexibility index (Phi) is 6.85. The molecule has 2 aliphatic carbocycles. The summed E-state index contributed by atoms with van der Waals surface area (Å²) < 4.78 is 37.8. The summed E-state index contributed by atoms with van der Waals surface area (Å²) in [6.45, 7) is 4.28. The number of carbonyl (C=O) groups is 2. The molecule has 160 valence electrons. The van der Waals surface area contributed by atoms with Gasteiger partial charge in [0.05, 0.1) is 12.1 Å². The van der Waals surface area contributed by atoms with Crippen LogP contribution in [0.15, 0.2) is 0 Å². The van der Waals surface area contributed by atoms with E-state index in [2.05, 4.69) is 10.2 Å². The Bertz CT molecular complexity index is 564. The number of rotatable bonds is 5. The quantitative estimate of drug-likeness (QED) is 0.733. The van der Waals surface area contributed by atoms with Gasteiger partial charge in [0, 0.05) is 32.7 Å². The predicted octanol–water partition coefficient (Wildman–Crippen LogP) is 2.43. The van der Waals surface area contributed by atoms with Gasteiger partial charge in [-0.25, -0.2) is 4.79 Å². The fraction of sp³-hybridized carbons (Fsp3) is 0.895. The van der Waals surface area contributed by atoms with Crippen molar-refractivity contribution in [1.82, 2.24) is 10.2 Å². The highest BCUT2D eigenvalue weighted by molar-refractivity contribution is 5.77. The Balaban J connectivity index is 0.000000279. The molecule has 9 heteroatoms. The molecule has 0 bridgehead atoms. The summed E-state index contributed by atoms with van der Waals surface area (Å²) in [6.07, 6.45) is 3.65. The van der Waals surface area contributed by atoms with Crippen molar-refractivity contribution < 1.29 is 32.6 Å². The van der Waals surface area contributed by atoms with Gasteiger partial charge in [-0.2, -0.15) is 13.2 Å². The zero-order chi connectivity index (χ0) is 20.3. The summed E-state index contributed by atoms with van der Waals surface area (Å²) >= 11 is 0. The van der Waals surface area contributed by atoms with Gasteiger partial charge in [-0.3, -0.25) is 4.79 Å². The van der Waals surface area contributed by atoms with Gasteiger partial charge in [-0.1, -0.05) is 0 Å². The van der Waals surface area contributed by atoms with Crippen molar-refractivity contribution in [2.45, 2.75) is 63.3 Å². The van der Waals surface area contributed by atoms with E-state index in [1.807, 2.05) is 0 Å². The first kappa shape index (κ1) is 21.4. The Morgan fingerprint density at radius 3 is 2.29 bits per heavy atom. The summed E-state index contributed by atoms with van der Waals surface area (Å²) in [5.74, 6) is -0.290. The minimum Gasteiger partial charge on any atom is -0.475 e. The van der Waals surface area contributed by atoms with Crippen LogP contribution in [-0.2, 0) is 14.3 Å². The number of carboxylic acid groups (broad SMARTS) is 1. The molecule has 0 aromatic heterocycles. The summed E-state index contributed by atoms with van der Waals surface area (Å²) in [7, 11) is 0. The minimum absolute atomic E-state index is 0.217. The van der Waals surface area contributed by atoms with Gasteiger partial charge in [0.25, 0.3) is 0 Å². The minimum atomic E-state index is -5.08. The molecule has 0 aromatic rings. The highest BCUT2D eigenvalue weighted by atomic mass is 19.4. The van der Waals surface area contributed by atoms with Crippen LogP contribution in [0, 0.1) is 17.8 Å². The van der Waals surface area contributed by atoms with E-state index in [0.717, 1.165) is 25.5 Å². The Hall–Kier alpha value is -1.35. The van der Waals surface area contributed by atoms with Crippen molar-refractivity contribution in [1.29, 1.82) is 0 Å². The van der Waals surface area contributed by atoms with E-state index in [0.29, 0.717) is 11.8 Å². The van der Waals surface area contributed by atoms with Crippen molar-refractivity contribution in [3.8, 4) is 0 Å². The number of fused-ring (bicyclic) bond motifs is 1. The van der Waals surface area contributed by atoms with Gasteiger partial charge in [0.2, 0.25) is 5.91 Å². The number of hydrogen-bond donors (Lipinski definition) is 2. The fourth-order valence-electron chi connectivity index (χ4n) is 4.09. The number of halogens is 3. The number of aliphatic carboxylic acids is 1. The summed E-state index contributed by atoms with van der Waals surface area (Å²) in [5, 5.41) is 10.4. The van der Waals surface area contributed by atoms with Crippen molar-refractivity contribution in [3.63, 3.8) is 0 Å². The van der Waals surface area contributed by atoms with E-state index in [-0.39, 0.29) is 18.1 Å². The average molecular weight is 406 g/mol. The molecule has 0 radical (unpaired) electrons. The number of hydrogen-bond acceptors (Lipinski definition) is 4. The topological polar surface area (TPSA) is 78.9 Å². The third-order valence-corrected chi connectivity index (χ3v) is 5.81. The highest BCUT2D eigenvalue weighted by Crippen LogP contribution is 2.35. The number of carbonyl (C=O) groups excluding carboxylic acids is 1. The van der Waals surface area contributed by atoms with Crippen LogP contribution >= 0.6 is 0 Å². The molecule has 0 unspecified atom stereocenters. The fourth-order valence-corrected chi connectivity index (χ4v) is 4.09. The molecule has 0 spiro atoms. The van der Waals surface area contributed by atoms with Crippen LogP contribution in [0.3, 0.4) is 0 Å². The van der Waals surface area contributed by atoms with Gasteiger partial charge in [0.1, 0.15) is 0 Å². The van der Waals surface area contributed by atoms with Crippen molar-refractivity contribution in [2.75, 3.05) is 26.2 Å². The van der Waals surface area contributed by atoms with Crippen LogP contribution in [-0.4, -0.2) is 66.4 Å². The number of carboxylic acids is 1. The van der Waals surface area contributed by atoms with Gasteiger partial charge in [0.15, 0.2) is 0 Å². The normalized spacial score (nSPS) is 30.6. The Morgan fingerprint density at radius 2 is 1.71 bits per heavy atom. The van der Waals surface area contributed by atoms with Crippen LogP contribution in [0.25, 0.3) is 0 Å². The maximum absolute atomic E-state index is 12.2. The second kappa shape index (κ2) is 8.98. The molecule has 1 amide bonds. The number of likely N-dealkylation sites (tertiary alicyclic amines) is 1. The summed E-state index contributed by atoms with van der Waals surface area (Å²) in [4.78, 5) is 23.7. The molecular formula is C19H29F3N2O4. The van der Waals surface area contributed by atoms with Gasteiger partial charge >= 0.3 is 12.1 Å². The van der Waals surface area contributed by atoms with E-state index in [4.69, 9.17) is 14.6 Å². The Labute approximate surface area is 162 Å². The molecule has 2 heterocycles. The second-order valence-corrected chi connectivity index (χ2v) is 8.52. The molecule has 4 rings (SSSR count). The molecular weight excluding hydrogens is 377 g/mol. The summed E-state index contributed by atoms with van der Waals surface area (Å²) in [6, 6.07) is 0.217. The molecule has 4 aliphatic rings. The number of amides is 1. The third-order valence-electron chi connectivity index (χ3n) is 5.81. The predicted molar refractivity (Wildman–Crippen MR) is 94.6 cm³/mol. The van der Waals surface area contributed by atoms with E-state index in [1.165, 1.54) is 51.6 Å². The van der Waals surface area contributed by atoms with E-state index < -0.39 is 12.1 Å². The lowest BCUT2D eigenvalue weighted by Crippen LogP contribution is -2.61. The van der Waals surface area contributed by atoms with Crippen molar-refractivity contribution in [2.24, 2.45) is 17.8 Å². The Morgan fingerprint density at radius 1 is 1.07 bits per heavy atom. The monoisotopic (exact) mass is 406 g/mol. The SMILES string of the molecule is O=C(CC1CC1)N[C@@H]1CN(CC2CC2)C[C@@H]2CCCO[C@@H]21.O=C(O)C(F)(F)F. The van der Waals surface area contributed by atoms with Crippen LogP contribution in [0.5, 0.6) is 0 Å². The standard InChI is InChI=1S/C17H28N2O2.C2HF3O2/c20-16(8-12-3-4-12)18-15-11-19(9-13-5-6-13)10-14-2-1-7-21-17(14)15;3-2(4,5)1(6)7/h12-15,17H,1-11H2,(H,18,20);(H,6,7)/t14-,15+,17-;/m0./s1. The van der Waals surface area contributed by atoms with Crippen molar-refractivity contribution in [3.05, 3.63) is 0 Å². The maximum Gasteiger partial charge on any atom is 0.490 e. The second-order valence-electron chi connectivity index (χ2n) is 8.52. The first-order valence-corrected chi connectivity index (χ1v) is 10.2. The third kappa shape index (κ3) is 6.62. The number of alkyl halides is 3. The zero-order valence-electron chi connectivity index (χ0n) is 15.9. The highest BCUT2D eigenvalue weighted by Gasteiger charge is 2.41. The van der Waals surface area contributed by atoms with Crippen LogP contribution in [0.4, 0.5) is 13.2 Å². The molecule has 28 heavy (non-hydrogen) atoms. The zero-order valence-corrected chi connectivity index (χ0v) is 15.9. The molecule has 2 saturated heterocycles. The van der Waals surface area contributed by atoms with E-state index >= 15 is 0 Å². The average Bonchev–Trinajstić information content (AvgIpc) is 3.52. The van der Waals surface area contributed by atoms with Gasteiger partial charge in [-0.05, 0) is 56.3 Å². The molecule has 6 nitrogen and oxygen atoms in total. The van der Waals surface area contributed by atoms with Crippen LogP contribution in [0.2, 0.25) is 0 Å². The van der Waals surface area contributed by atoms with Crippen LogP contribution < -0.4 is 5.32 Å². The number of nitrogens with one attached hydrogen (secondary N) is 1. The maximum atomic E-state index is 12.2. The lowest BCUT2D eigenvalue weighted by Gasteiger charge is -2.46. The number of ether oxygens (including phenoxy) is 1. The molecule has 4 fully saturated rings. The molecule has 2 N–H and O–H groups in total. The van der Waals surface area contributed by atoms with E-state index in [9.17, 15) is 18.0 Å². The van der Waals surface area contributed by atoms with Crippen molar-refractivity contribution >= 4 is 11.9 Å². The summed E-state index contributed by atoms with van der Waals surface area (Å²) in [5.41, 5.74) is 0. The molecule has 2 saturated carbocycles. The molecule has 2 aliphatic heterocycles. The first-order chi connectivity index (χ1) is 13.2. The van der Waals surface area contributed by atoms with E-state index in [1.54, 1.807) is 0 Å². The molecule has 3 atom stereocenters. The number of nitrogens with zero attached hydrogens (tertiary/aromatic N) is 1. The smallest absolute Gasteiger partial charge is 0.475 e. The van der Waals surface area contributed by atoms with Gasteiger partial charge in [-0.15, -0.1) is 0 Å². The lowest BCUT2D eigenvalue weighted by molar-refractivity contribution is -0.192. The lowest BCUT2D eigenvalue weighted by atomic mass is 9.85.